The van der Waals surface area contributed by atoms with Gasteiger partial charge >= 0.3 is 0 Å². The van der Waals surface area contributed by atoms with Crippen molar-refractivity contribution in [3.05, 3.63) is 47.9 Å². The summed E-state index contributed by atoms with van der Waals surface area (Å²) < 4.78 is 13.6. The van der Waals surface area contributed by atoms with Gasteiger partial charge in [0.2, 0.25) is 5.91 Å². The van der Waals surface area contributed by atoms with Crippen LogP contribution in [-0.2, 0) is 4.79 Å². The number of amides is 2. The molecule has 0 fully saturated rings. The summed E-state index contributed by atoms with van der Waals surface area (Å²) in [5, 5.41) is 2.83. The number of nitrogens with one attached hydrogen (secondary N) is 1. The fourth-order valence-corrected chi connectivity index (χ4v) is 2.80. The number of hydrogen-bond donors (Lipinski definition) is 2. The summed E-state index contributed by atoms with van der Waals surface area (Å²) in [5.74, 6) is -0.896. The van der Waals surface area contributed by atoms with Crippen molar-refractivity contribution in [2.75, 3.05) is 25.4 Å². The first kappa shape index (κ1) is 21.3. The Morgan fingerprint density at radius 3 is 2.68 bits per heavy atom. The molecule has 0 radical (unpaired) electrons. The van der Waals surface area contributed by atoms with Crippen LogP contribution in [0.15, 0.2) is 36.5 Å². The van der Waals surface area contributed by atoms with Crippen molar-refractivity contribution in [3.8, 4) is 11.1 Å². The summed E-state index contributed by atoms with van der Waals surface area (Å²) in [6, 6.07) is 8.15. The van der Waals surface area contributed by atoms with Crippen LogP contribution in [-0.4, -0.2) is 41.3 Å². The molecule has 28 heavy (non-hydrogen) atoms. The number of pyridine rings is 1. The Morgan fingerprint density at radius 1 is 1.21 bits per heavy atom. The lowest BCUT2D eigenvalue weighted by Crippen LogP contribution is -2.38. The average Bonchev–Trinajstić information content (AvgIpc) is 2.71. The van der Waals surface area contributed by atoms with Gasteiger partial charge in [-0.2, -0.15) is 0 Å². The van der Waals surface area contributed by atoms with Gasteiger partial charge in [0.15, 0.2) is 11.6 Å². The number of halogens is 1. The van der Waals surface area contributed by atoms with Crippen LogP contribution < -0.4 is 11.1 Å². The van der Waals surface area contributed by atoms with Gasteiger partial charge in [0.1, 0.15) is 0 Å². The number of likely N-dealkylation sites (N-methyl/N-ethyl adjacent to an activating group) is 1. The van der Waals surface area contributed by atoms with E-state index >= 15 is 0 Å². The summed E-state index contributed by atoms with van der Waals surface area (Å²) in [7, 11) is 0. The largest absolute Gasteiger partial charge is 0.381 e. The summed E-state index contributed by atoms with van der Waals surface area (Å²) in [6.07, 6.45) is 3.85. The smallest absolute Gasteiger partial charge is 0.251 e. The summed E-state index contributed by atoms with van der Waals surface area (Å²) >= 11 is 0. The maximum absolute atomic E-state index is 13.6. The van der Waals surface area contributed by atoms with Gasteiger partial charge < -0.3 is 16.0 Å². The van der Waals surface area contributed by atoms with Crippen LogP contribution in [0.3, 0.4) is 0 Å². The monoisotopic (exact) mass is 386 g/mol. The molecule has 0 atom stereocenters. The molecule has 1 aromatic heterocycles. The normalized spacial score (nSPS) is 10.5. The first-order valence-corrected chi connectivity index (χ1v) is 9.53. The minimum Gasteiger partial charge on any atom is -0.381 e. The van der Waals surface area contributed by atoms with Gasteiger partial charge in [-0.15, -0.1) is 0 Å². The van der Waals surface area contributed by atoms with E-state index in [1.54, 1.807) is 29.2 Å². The van der Waals surface area contributed by atoms with Crippen LogP contribution >= 0.6 is 0 Å². The van der Waals surface area contributed by atoms with E-state index in [2.05, 4.69) is 10.3 Å². The highest BCUT2D eigenvalue weighted by Gasteiger charge is 2.12. The van der Waals surface area contributed by atoms with E-state index in [0.29, 0.717) is 42.7 Å². The fourth-order valence-electron chi connectivity index (χ4n) is 2.80. The molecule has 2 amide bonds. The SMILES string of the molecule is CCCCC(=O)N(CC)CCNC(=O)c1cccc(-c2cnc(N)c(F)c2)c1. The summed E-state index contributed by atoms with van der Waals surface area (Å²) in [6.45, 7) is 5.43. The molecule has 0 aliphatic heterocycles. The van der Waals surface area contributed by atoms with E-state index in [9.17, 15) is 14.0 Å². The third-order valence-corrected chi connectivity index (χ3v) is 4.47. The molecule has 6 nitrogen and oxygen atoms in total. The third-order valence-electron chi connectivity index (χ3n) is 4.47. The number of nitrogens with zero attached hydrogens (tertiary/aromatic N) is 2. The van der Waals surface area contributed by atoms with Crippen molar-refractivity contribution in [3.63, 3.8) is 0 Å². The van der Waals surface area contributed by atoms with Crippen molar-refractivity contribution in [1.82, 2.24) is 15.2 Å². The topological polar surface area (TPSA) is 88.3 Å². The Hall–Kier alpha value is -2.96. The zero-order valence-corrected chi connectivity index (χ0v) is 16.4. The molecule has 7 heteroatoms. The van der Waals surface area contributed by atoms with E-state index in [1.807, 2.05) is 13.8 Å². The average molecular weight is 386 g/mol. The van der Waals surface area contributed by atoms with Crippen LogP contribution in [0.5, 0.6) is 0 Å². The number of aromatic nitrogens is 1. The Balaban J connectivity index is 1.97. The molecule has 2 rings (SSSR count). The van der Waals surface area contributed by atoms with Crippen molar-refractivity contribution < 1.29 is 14.0 Å². The first-order chi connectivity index (χ1) is 13.5. The lowest BCUT2D eigenvalue weighted by Gasteiger charge is -2.21. The number of hydrogen-bond acceptors (Lipinski definition) is 4. The molecule has 0 saturated heterocycles. The molecule has 2 aromatic rings. The maximum Gasteiger partial charge on any atom is 0.251 e. The predicted molar refractivity (Wildman–Crippen MR) is 108 cm³/mol. The van der Waals surface area contributed by atoms with Gasteiger partial charge in [0.05, 0.1) is 0 Å². The van der Waals surface area contributed by atoms with Crippen LogP contribution in [0.25, 0.3) is 11.1 Å². The molecule has 0 aliphatic rings. The zero-order valence-electron chi connectivity index (χ0n) is 16.4. The van der Waals surface area contributed by atoms with Crippen molar-refractivity contribution >= 4 is 17.6 Å². The number of nitrogens with two attached hydrogens (primary N) is 1. The molecule has 150 valence electrons. The minimum atomic E-state index is -0.597. The molecular formula is C21H27FN4O2. The van der Waals surface area contributed by atoms with E-state index < -0.39 is 5.82 Å². The predicted octanol–water partition coefficient (Wildman–Crippen LogP) is 3.24. The molecule has 0 saturated carbocycles. The number of rotatable bonds is 9. The third kappa shape index (κ3) is 5.77. The van der Waals surface area contributed by atoms with E-state index in [1.165, 1.54) is 12.3 Å². The number of anilines is 1. The van der Waals surface area contributed by atoms with E-state index in [4.69, 9.17) is 5.73 Å². The second-order valence-corrected chi connectivity index (χ2v) is 6.50. The van der Waals surface area contributed by atoms with Crippen molar-refractivity contribution in [1.29, 1.82) is 0 Å². The van der Waals surface area contributed by atoms with Gasteiger partial charge in [-0.05, 0) is 37.1 Å². The Bertz CT molecular complexity index is 826. The van der Waals surface area contributed by atoms with Crippen molar-refractivity contribution in [2.45, 2.75) is 33.1 Å². The molecule has 3 N–H and O–H groups in total. The van der Waals surface area contributed by atoms with Gasteiger partial charge in [-0.25, -0.2) is 9.37 Å². The number of unbranched alkanes of at least 4 members (excludes halogenated alkanes) is 1. The highest BCUT2D eigenvalue weighted by molar-refractivity contribution is 5.95. The maximum atomic E-state index is 13.6. The highest BCUT2D eigenvalue weighted by atomic mass is 19.1. The first-order valence-electron chi connectivity index (χ1n) is 9.53. The lowest BCUT2D eigenvalue weighted by molar-refractivity contribution is -0.131. The van der Waals surface area contributed by atoms with E-state index in [-0.39, 0.29) is 17.6 Å². The van der Waals surface area contributed by atoms with Crippen LogP contribution in [0.1, 0.15) is 43.5 Å². The Morgan fingerprint density at radius 2 is 2.00 bits per heavy atom. The second-order valence-electron chi connectivity index (χ2n) is 6.50. The summed E-state index contributed by atoms with van der Waals surface area (Å²) in [4.78, 5) is 30.1. The number of carbonyl (C=O) groups is 2. The molecule has 0 bridgehead atoms. The Kier molecular flexibility index (Phi) is 7.92. The minimum absolute atomic E-state index is 0.110. The molecule has 0 unspecified atom stereocenters. The molecule has 0 aliphatic carbocycles. The van der Waals surface area contributed by atoms with Gasteiger partial charge in [-0.3, -0.25) is 9.59 Å². The fraction of sp³-hybridized carbons (Fsp3) is 0.381. The molecular weight excluding hydrogens is 359 g/mol. The van der Waals surface area contributed by atoms with E-state index in [0.717, 1.165) is 12.8 Å². The molecule has 1 aromatic carbocycles. The van der Waals surface area contributed by atoms with Gasteiger partial charge in [0.25, 0.3) is 5.91 Å². The van der Waals surface area contributed by atoms with Crippen LogP contribution in [0.4, 0.5) is 10.2 Å². The molecule has 1 heterocycles. The van der Waals surface area contributed by atoms with Gasteiger partial charge in [-0.1, -0.05) is 25.5 Å². The number of carbonyl (C=O) groups excluding carboxylic acids is 2. The quantitative estimate of drug-likeness (QED) is 0.692. The zero-order chi connectivity index (χ0) is 20.5. The standard InChI is InChI=1S/C21H27FN4O2/c1-3-5-9-19(27)26(4-2)11-10-24-21(28)16-8-6-7-15(12-16)17-13-18(22)20(23)25-14-17/h6-8,12-14H,3-5,9-11H2,1-2H3,(H2,23,25)(H,24,28). The second kappa shape index (κ2) is 10.4. The lowest BCUT2D eigenvalue weighted by atomic mass is 10.0. The summed E-state index contributed by atoms with van der Waals surface area (Å²) in [5.41, 5.74) is 7.07. The molecule has 0 spiro atoms. The van der Waals surface area contributed by atoms with Crippen LogP contribution in [0.2, 0.25) is 0 Å². The van der Waals surface area contributed by atoms with Crippen LogP contribution in [0, 0.1) is 5.82 Å². The van der Waals surface area contributed by atoms with Gasteiger partial charge in [0, 0.05) is 43.4 Å². The number of nitrogen functional groups attached to an aromatic ring is 1. The Labute approximate surface area is 164 Å². The number of benzene rings is 1. The highest BCUT2D eigenvalue weighted by Crippen LogP contribution is 2.22. The van der Waals surface area contributed by atoms with Crippen molar-refractivity contribution in [2.24, 2.45) is 0 Å².